The molecule has 7 nitrogen and oxygen atoms in total. The number of amides is 1. The highest BCUT2D eigenvalue weighted by atomic mass is 35.5. The normalized spacial score (nSPS) is 26.2. The molecular weight excluding hydrogens is 392 g/mol. The summed E-state index contributed by atoms with van der Waals surface area (Å²) in [7, 11) is 0. The molecule has 3 aliphatic rings. The highest BCUT2D eigenvalue weighted by molar-refractivity contribution is 6.32. The molecule has 3 fully saturated rings. The molecule has 1 atom stereocenters. The van der Waals surface area contributed by atoms with Gasteiger partial charge < -0.3 is 14.4 Å². The van der Waals surface area contributed by atoms with Crippen molar-refractivity contribution in [3.05, 3.63) is 40.9 Å². The van der Waals surface area contributed by atoms with Crippen LogP contribution >= 0.6 is 11.6 Å². The van der Waals surface area contributed by atoms with Crippen LogP contribution in [0.5, 0.6) is 0 Å². The Morgan fingerprint density at radius 3 is 2.72 bits per heavy atom. The molecule has 1 aliphatic carbocycles. The Bertz CT molecular complexity index is 947. The van der Waals surface area contributed by atoms with E-state index in [4.69, 9.17) is 21.1 Å². The lowest BCUT2D eigenvalue weighted by atomic mass is 9.95. The third-order valence-corrected chi connectivity index (χ3v) is 6.06. The van der Waals surface area contributed by atoms with Crippen LogP contribution in [0.2, 0.25) is 5.02 Å². The highest BCUT2D eigenvalue weighted by Gasteiger charge is 2.48. The van der Waals surface area contributed by atoms with E-state index in [9.17, 15) is 4.79 Å². The number of aromatic nitrogens is 3. The van der Waals surface area contributed by atoms with Gasteiger partial charge >= 0.3 is 0 Å². The first-order chi connectivity index (χ1) is 13.9. The zero-order valence-electron chi connectivity index (χ0n) is 16.7. The van der Waals surface area contributed by atoms with Gasteiger partial charge in [-0.15, -0.1) is 5.10 Å². The van der Waals surface area contributed by atoms with E-state index in [2.05, 4.69) is 10.1 Å². The number of para-hydroxylation sites is 1. The molecule has 2 saturated heterocycles. The van der Waals surface area contributed by atoms with Crippen molar-refractivity contribution in [3.63, 3.8) is 0 Å². The maximum Gasteiger partial charge on any atom is 0.293 e. The number of hydrogen-bond donors (Lipinski definition) is 0. The topological polar surface area (TPSA) is 69.5 Å². The van der Waals surface area contributed by atoms with Crippen molar-refractivity contribution in [1.82, 2.24) is 19.7 Å². The predicted molar refractivity (Wildman–Crippen MR) is 108 cm³/mol. The van der Waals surface area contributed by atoms with Crippen LogP contribution in [0.25, 0.3) is 5.69 Å². The molecule has 1 saturated carbocycles. The molecule has 2 aliphatic heterocycles. The Kier molecular flexibility index (Phi) is 4.46. The molecule has 2 aromatic rings. The third-order valence-electron chi connectivity index (χ3n) is 5.74. The Morgan fingerprint density at radius 1 is 1.24 bits per heavy atom. The van der Waals surface area contributed by atoms with Gasteiger partial charge in [-0.1, -0.05) is 23.7 Å². The Labute approximate surface area is 174 Å². The Morgan fingerprint density at radius 2 is 2.03 bits per heavy atom. The summed E-state index contributed by atoms with van der Waals surface area (Å²) >= 11 is 6.40. The number of halogens is 1. The van der Waals surface area contributed by atoms with Crippen molar-refractivity contribution in [2.75, 3.05) is 26.3 Å². The Hall–Kier alpha value is -1.96. The van der Waals surface area contributed by atoms with Gasteiger partial charge in [-0.2, -0.15) is 0 Å². The van der Waals surface area contributed by atoms with Crippen LogP contribution in [-0.4, -0.2) is 63.1 Å². The Balaban J connectivity index is 1.48. The number of carbonyl (C=O) groups is 1. The third kappa shape index (κ3) is 3.56. The lowest BCUT2D eigenvalue weighted by Gasteiger charge is -2.47. The fourth-order valence-electron chi connectivity index (χ4n) is 4.41. The van der Waals surface area contributed by atoms with Gasteiger partial charge in [-0.25, -0.2) is 9.67 Å². The number of nitrogens with zero attached hydrogens (tertiary/aromatic N) is 4. The van der Waals surface area contributed by atoms with Gasteiger partial charge in [-0.3, -0.25) is 4.79 Å². The quantitative estimate of drug-likeness (QED) is 0.768. The fourth-order valence-corrected chi connectivity index (χ4v) is 4.63. The first kappa shape index (κ1) is 19.0. The summed E-state index contributed by atoms with van der Waals surface area (Å²) in [5, 5.41) is 5.19. The zero-order valence-corrected chi connectivity index (χ0v) is 17.5. The summed E-state index contributed by atoms with van der Waals surface area (Å²) in [6.07, 6.45) is 2.90. The minimum Gasteiger partial charge on any atom is -0.378 e. The molecule has 1 aromatic carbocycles. The summed E-state index contributed by atoms with van der Waals surface area (Å²) in [4.78, 5) is 19.9. The van der Waals surface area contributed by atoms with Crippen LogP contribution < -0.4 is 0 Å². The molecule has 29 heavy (non-hydrogen) atoms. The second kappa shape index (κ2) is 6.79. The molecule has 1 unspecified atom stereocenters. The van der Waals surface area contributed by atoms with Gasteiger partial charge in [0.2, 0.25) is 5.82 Å². The molecular formula is C21H25ClN4O3. The monoisotopic (exact) mass is 416 g/mol. The molecule has 154 valence electrons. The van der Waals surface area contributed by atoms with Crippen LogP contribution in [0.1, 0.15) is 55.5 Å². The van der Waals surface area contributed by atoms with Crippen molar-refractivity contribution >= 4 is 17.5 Å². The smallest absolute Gasteiger partial charge is 0.293 e. The van der Waals surface area contributed by atoms with E-state index in [0.717, 1.165) is 30.8 Å². The lowest BCUT2D eigenvalue weighted by Crippen LogP contribution is -2.61. The van der Waals surface area contributed by atoms with E-state index in [-0.39, 0.29) is 11.7 Å². The number of carbonyl (C=O) groups excluding carboxylic acids is 1. The van der Waals surface area contributed by atoms with Crippen LogP contribution in [-0.2, 0) is 9.47 Å². The van der Waals surface area contributed by atoms with Crippen LogP contribution in [0, 0.1) is 0 Å². The minimum atomic E-state index is -0.452. The van der Waals surface area contributed by atoms with Crippen LogP contribution in [0.15, 0.2) is 24.3 Å². The average molecular weight is 417 g/mol. The van der Waals surface area contributed by atoms with Crippen molar-refractivity contribution < 1.29 is 14.3 Å². The molecule has 0 radical (unpaired) electrons. The molecule has 3 heterocycles. The second-order valence-corrected chi connectivity index (χ2v) is 9.35. The highest BCUT2D eigenvalue weighted by Crippen LogP contribution is 2.41. The molecule has 1 spiro atoms. The SMILES string of the molecule is CC1(C)CN(C(=O)c2nc(C3CC3)n(-c3ccccc3Cl)n2)CC2(CCOC2)O1. The summed E-state index contributed by atoms with van der Waals surface area (Å²) in [6.45, 7) is 6.18. The minimum absolute atomic E-state index is 0.166. The largest absolute Gasteiger partial charge is 0.378 e. The van der Waals surface area contributed by atoms with E-state index in [1.807, 2.05) is 43.0 Å². The summed E-state index contributed by atoms with van der Waals surface area (Å²) in [5.74, 6) is 1.20. The molecule has 5 rings (SSSR count). The summed E-state index contributed by atoms with van der Waals surface area (Å²) in [6, 6.07) is 7.52. The van der Waals surface area contributed by atoms with E-state index in [1.54, 1.807) is 4.68 Å². The van der Waals surface area contributed by atoms with E-state index in [1.165, 1.54) is 0 Å². The van der Waals surface area contributed by atoms with Crippen molar-refractivity contribution in [1.29, 1.82) is 0 Å². The first-order valence-electron chi connectivity index (χ1n) is 10.1. The van der Waals surface area contributed by atoms with Crippen molar-refractivity contribution in [3.8, 4) is 5.69 Å². The number of benzene rings is 1. The van der Waals surface area contributed by atoms with Crippen molar-refractivity contribution in [2.24, 2.45) is 0 Å². The molecule has 0 bridgehead atoms. The van der Waals surface area contributed by atoms with Crippen LogP contribution in [0.3, 0.4) is 0 Å². The number of hydrogen-bond acceptors (Lipinski definition) is 5. The van der Waals surface area contributed by atoms with Gasteiger partial charge in [0.1, 0.15) is 11.4 Å². The molecule has 1 amide bonds. The standard InChI is InChI=1S/C21H25ClN4O3/c1-20(2)11-25(12-21(29-20)9-10-28-13-21)19(27)17-23-18(14-7-8-14)26(24-17)16-6-4-3-5-15(16)22/h3-6,14H,7-13H2,1-2H3. The first-order valence-corrected chi connectivity index (χ1v) is 10.5. The average Bonchev–Trinajstić information content (AvgIpc) is 3.28. The van der Waals surface area contributed by atoms with Gasteiger partial charge in [0, 0.05) is 25.5 Å². The summed E-state index contributed by atoms with van der Waals surface area (Å²) < 4.78 is 13.6. The zero-order chi connectivity index (χ0) is 20.2. The lowest BCUT2D eigenvalue weighted by molar-refractivity contribution is -0.186. The van der Waals surface area contributed by atoms with Gasteiger partial charge in [-0.05, 0) is 38.8 Å². The van der Waals surface area contributed by atoms with Crippen LogP contribution in [0.4, 0.5) is 0 Å². The number of rotatable bonds is 3. The summed E-state index contributed by atoms with van der Waals surface area (Å²) in [5.41, 5.74) is -0.139. The van der Waals surface area contributed by atoms with E-state index >= 15 is 0 Å². The molecule has 8 heteroatoms. The molecule has 1 aromatic heterocycles. The maximum atomic E-state index is 13.4. The van der Waals surface area contributed by atoms with E-state index in [0.29, 0.717) is 37.2 Å². The maximum absolute atomic E-state index is 13.4. The molecule has 0 N–H and O–H groups in total. The van der Waals surface area contributed by atoms with Gasteiger partial charge in [0.05, 0.1) is 29.5 Å². The van der Waals surface area contributed by atoms with Crippen molar-refractivity contribution in [2.45, 2.75) is 50.2 Å². The predicted octanol–water partition coefficient (Wildman–Crippen LogP) is 3.21. The fraction of sp³-hybridized carbons (Fsp3) is 0.571. The second-order valence-electron chi connectivity index (χ2n) is 8.94. The number of ether oxygens (including phenoxy) is 2. The van der Waals surface area contributed by atoms with Gasteiger partial charge in [0.25, 0.3) is 5.91 Å². The van der Waals surface area contributed by atoms with Gasteiger partial charge in [0.15, 0.2) is 0 Å². The van der Waals surface area contributed by atoms with E-state index < -0.39 is 11.2 Å². The number of morpholine rings is 1.